The summed E-state index contributed by atoms with van der Waals surface area (Å²) in [6.07, 6.45) is 1.83. The minimum Gasteiger partial charge on any atom is -0.225 e. The zero-order chi connectivity index (χ0) is 11.0. The summed E-state index contributed by atoms with van der Waals surface area (Å²) < 4.78 is 19.3. The average molecular weight is 211 g/mol. The molecule has 0 spiro atoms. The van der Waals surface area contributed by atoms with Crippen LogP contribution in [0.25, 0.3) is 6.08 Å². The number of hydrogen-bond acceptors (Lipinski definition) is 2. The largest absolute Gasteiger partial charge is 0.230 e. The predicted molar refractivity (Wildman–Crippen MR) is 59.8 cm³/mol. The van der Waals surface area contributed by atoms with Crippen molar-refractivity contribution < 1.29 is 8.42 Å². The molecule has 0 saturated carbocycles. The molecule has 1 rings (SSSR count). The fourth-order valence-electron chi connectivity index (χ4n) is 0.589. The molecule has 0 aliphatic heterocycles. The molecule has 0 aliphatic rings. The third-order valence-electron chi connectivity index (χ3n) is 1.27. The van der Waals surface area contributed by atoms with Crippen LogP contribution in [0.2, 0.25) is 0 Å². The maximum atomic E-state index is 9.66. The topological polar surface area (TPSA) is 60.2 Å². The number of rotatable bonds is 2. The molecule has 2 N–H and O–H groups in total. The summed E-state index contributed by atoms with van der Waals surface area (Å²) in [7, 11) is -3.40. The third kappa shape index (κ3) is 7.27. The van der Waals surface area contributed by atoms with Gasteiger partial charge in [0.25, 0.3) is 0 Å². The van der Waals surface area contributed by atoms with Gasteiger partial charge in [-0.2, -0.15) is 0 Å². The van der Waals surface area contributed by atoms with Gasteiger partial charge in [0, 0.05) is 5.41 Å². The summed E-state index contributed by atoms with van der Waals surface area (Å²) in [5.41, 5.74) is 1.17. The van der Waals surface area contributed by atoms with Crippen LogP contribution in [-0.4, -0.2) is 8.42 Å². The van der Waals surface area contributed by atoms with Gasteiger partial charge in [0.2, 0.25) is 10.0 Å². The maximum Gasteiger partial charge on any atom is 0.230 e. The lowest BCUT2D eigenvalue weighted by molar-refractivity contribution is 0.606. The highest BCUT2D eigenvalue weighted by atomic mass is 32.2. The summed E-state index contributed by atoms with van der Waals surface area (Å²) in [4.78, 5) is 0. The van der Waals surface area contributed by atoms with E-state index >= 15 is 0 Å². The lowest BCUT2D eigenvalue weighted by Crippen LogP contribution is -2.05. The first-order valence-electron chi connectivity index (χ1n) is 3.82. The molecule has 14 heavy (non-hydrogen) atoms. The van der Waals surface area contributed by atoms with E-state index in [-0.39, 0.29) is 0 Å². The maximum absolute atomic E-state index is 9.66. The molecule has 4 heteroatoms. The van der Waals surface area contributed by atoms with Gasteiger partial charge in [-0.1, -0.05) is 49.6 Å². The van der Waals surface area contributed by atoms with E-state index in [4.69, 9.17) is 0 Å². The van der Waals surface area contributed by atoms with Gasteiger partial charge < -0.3 is 0 Å². The molecule has 0 heterocycles. The standard InChI is InChI=1S/C8H8.C2H5NO2S/c1-2-8-6-4-3-5-7-8;1-2-6(3,4)5/h2-7H,1H2;2H,1H2,(H2,3,4,5). The van der Waals surface area contributed by atoms with Gasteiger partial charge in [0.1, 0.15) is 0 Å². The van der Waals surface area contributed by atoms with Crippen LogP contribution in [0.15, 0.2) is 48.9 Å². The lowest BCUT2D eigenvalue weighted by atomic mass is 10.2. The molecule has 0 radical (unpaired) electrons. The van der Waals surface area contributed by atoms with Crippen molar-refractivity contribution >= 4 is 16.1 Å². The fraction of sp³-hybridized carbons (Fsp3) is 0. The third-order valence-corrected chi connectivity index (χ3v) is 1.73. The van der Waals surface area contributed by atoms with Crippen LogP contribution < -0.4 is 5.14 Å². The smallest absolute Gasteiger partial charge is 0.225 e. The Morgan fingerprint density at radius 3 is 1.79 bits per heavy atom. The number of primary sulfonamides is 1. The van der Waals surface area contributed by atoms with Gasteiger partial charge in [0.05, 0.1) is 0 Å². The molecule has 3 nitrogen and oxygen atoms in total. The van der Waals surface area contributed by atoms with Crippen LogP contribution in [0, 0.1) is 0 Å². The van der Waals surface area contributed by atoms with Crippen LogP contribution in [0.3, 0.4) is 0 Å². The first kappa shape index (κ1) is 12.6. The van der Waals surface area contributed by atoms with E-state index in [0.717, 1.165) is 0 Å². The van der Waals surface area contributed by atoms with E-state index in [1.165, 1.54) is 5.56 Å². The Balaban J connectivity index is 0.000000255. The van der Waals surface area contributed by atoms with E-state index in [2.05, 4.69) is 18.3 Å². The Morgan fingerprint density at radius 1 is 1.14 bits per heavy atom. The van der Waals surface area contributed by atoms with Gasteiger partial charge >= 0.3 is 0 Å². The minimum absolute atomic E-state index is 0.688. The molecule has 0 amide bonds. The zero-order valence-corrected chi connectivity index (χ0v) is 8.57. The van der Waals surface area contributed by atoms with Gasteiger partial charge in [0.15, 0.2) is 0 Å². The van der Waals surface area contributed by atoms with Crippen LogP contribution in [0.5, 0.6) is 0 Å². The van der Waals surface area contributed by atoms with Crippen molar-refractivity contribution in [3.05, 3.63) is 54.5 Å². The van der Waals surface area contributed by atoms with Gasteiger partial charge in [-0.05, 0) is 5.56 Å². The first-order valence-corrected chi connectivity index (χ1v) is 5.43. The summed E-state index contributed by atoms with van der Waals surface area (Å²) in [5.74, 6) is 0. The second-order valence-electron chi connectivity index (χ2n) is 2.37. The normalized spacial score (nSPS) is 9.50. The Morgan fingerprint density at radius 2 is 1.57 bits per heavy atom. The SMILES string of the molecule is C=CS(N)(=O)=O.C=Cc1ccccc1. The van der Waals surface area contributed by atoms with Crippen LogP contribution in [0.4, 0.5) is 0 Å². The Labute approximate surface area is 84.6 Å². The Bertz CT molecular complexity index is 370. The van der Waals surface area contributed by atoms with Crippen molar-refractivity contribution in [1.82, 2.24) is 0 Å². The molecule has 1 aromatic carbocycles. The second-order valence-corrected chi connectivity index (χ2v) is 3.88. The fourth-order valence-corrected chi connectivity index (χ4v) is 0.589. The van der Waals surface area contributed by atoms with Crippen molar-refractivity contribution in [2.24, 2.45) is 5.14 Å². The highest BCUT2D eigenvalue weighted by Crippen LogP contribution is 1.97. The van der Waals surface area contributed by atoms with E-state index < -0.39 is 10.0 Å². The monoisotopic (exact) mass is 211 g/mol. The van der Waals surface area contributed by atoms with Gasteiger partial charge in [-0.15, -0.1) is 0 Å². The Hall–Kier alpha value is -1.39. The van der Waals surface area contributed by atoms with Crippen molar-refractivity contribution in [2.75, 3.05) is 0 Å². The highest BCUT2D eigenvalue weighted by Gasteiger charge is 1.85. The molecular weight excluding hydrogens is 198 g/mol. The molecule has 0 saturated heterocycles. The first-order chi connectivity index (χ1) is 6.49. The Kier molecular flexibility index (Phi) is 5.52. The quantitative estimate of drug-likeness (QED) is 0.810. The number of sulfonamides is 1. The van der Waals surface area contributed by atoms with Crippen LogP contribution >= 0.6 is 0 Å². The lowest BCUT2D eigenvalue weighted by Gasteiger charge is -1.85. The number of hydrogen-bond donors (Lipinski definition) is 1. The highest BCUT2D eigenvalue weighted by molar-refractivity contribution is 7.92. The van der Waals surface area contributed by atoms with Crippen molar-refractivity contribution in [2.45, 2.75) is 0 Å². The zero-order valence-electron chi connectivity index (χ0n) is 7.76. The van der Waals surface area contributed by atoms with Gasteiger partial charge in [-0.25, -0.2) is 13.6 Å². The predicted octanol–water partition coefficient (Wildman–Crippen LogP) is 1.75. The molecule has 0 aliphatic carbocycles. The van der Waals surface area contributed by atoms with Crippen LogP contribution in [-0.2, 0) is 10.0 Å². The second kappa shape index (κ2) is 6.12. The average Bonchev–Trinajstić information content (AvgIpc) is 2.19. The molecule has 0 aromatic heterocycles. The molecule has 0 bridgehead atoms. The molecule has 0 fully saturated rings. The van der Waals surface area contributed by atoms with E-state index in [0.29, 0.717) is 5.41 Å². The molecule has 0 unspecified atom stereocenters. The van der Waals surface area contributed by atoms with Crippen molar-refractivity contribution in [3.8, 4) is 0 Å². The van der Waals surface area contributed by atoms with Crippen molar-refractivity contribution in [3.63, 3.8) is 0 Å². The van der Waals surface area contributed by atoms with E-state index in [1.807, 2.05) is 36.4 Å². The summed E-state index contributed by atoms with van der Waals surface area (Å²) in [6, 6.07) is 10.0. The number of nitrogens with two attached hydrogens (primary N) is 1. The summed E-state index contributed by atoms with van der Waals surface area (Å²) >= 11 is 0. The van der Waals surface area contributed by atoms with E-state index in [1.54, 1.807) is 0 Å². The summed E-state index contributed by atoms with van der Waals surface area (Å²) in [5, 5.41) is 5.08. The molecule has 76 valence electrons. The molecule has 0 atom stereocenters. The van der Waals surface area contributed by atoms with Gasteiger partial charge in [-0.3, -0.25) is 0 Å². The van der Waals surface area contributed by atoms with Crippen molar-refractivity contribution in [1.29, 1.82) is 0 Å². The molecule has 1 aromatic rings. The van der Waals surface area contributed by atoms with E-state index in [9.17, 15) is 8.42 Å². The summed E-state index contributed by atoms with van der Waals surface area (Å²) in [6.45, 7) is 6.55. The minimum atomic E-state index is -3.40. The van der Waals surface area contributed by atoms with Crippen LogP contribution in [0.1, 0.15) is 5.56 Å². The number of benzene rings is 1. The molecular formula is C10H13NO2S.